The van der Waals surface area contributed by atoms with Gasteiger partial charge >= 0.3 is 0 Å². The number of hydrogen-bond donors (Lipinski definition) is 1. The molecule has 0 bridgehead atoms. The molecule has 1 heterocycles. The van der Waals surface area contributed by atoms with Crippen LogP contribution in [0.1, 0.15) is 43.4 Å². The van der Waals surface area contributed by atoms with Gasteiger partial charge in [0.05, 0.1) is 13.0 Å². The van der Waals surface area contributed by atoms with Crippen molar-refractivity contribution in [3.63, 3.8) is 0 Å². The Hall–Kier alpha value is -3.66. The second kappa shape index (κ2) is 10.5. The largest absolute Gasteiger partial charge is 0.497 e. The molecule has 1 atom stereocenters. The van der Waals surface area contributed by atoms with Gasteiger partial charge in [-0.3, -0.25) is 9.78 Å². The summed E-state index contributed by atoms with van der Waals surface area (Å²) in [4.78, 5) is 17.3. The van der Waals surface area contributed by atoms with Crippen LogP contribution in [0.5, 0.6) is 5.75 Å². The molecule has 0 unspecified atom stereocenters. The Labute approximate surface area is 202 Å². The van der Waals surface area contributed by atoms with E-state index >= 15 is 0 Å². The van der Waals surface area contributed by atoms with Crippen molar-refractivity contribution in [2.75, 3.05) is 7.11 Å². The Kier molecular flexibility index (Phi) is 7.27. The number of nitrogens with zero attached hydrogens (tertiary/aromatic N) is 1. The molecule has 1 N–H and O–H groups in total. The fourth-order valence-electron chi connectivity index (χ4n) is 4.35. The molecule has 0 fully saturated rings. The highest BCUT2D eigenvalue weighted by molar-refractivity contribution is 5.98. The van der Waals surface area contributed by atoms with E-state index in [1.807, 2.05) is 37.4 Å². The summed E-state index contributed by atoms with van der Waals surface area (Å²) in [5.41, 5.74) is 5.58. The molecular weight excluding hydrogens is 420 g/mol. The van der Waals surface area contributed by atoms with Gasteiger partial charge in [-0.15, -0.1) is 0 Å². The molecule has 4 rings (SSSR count). The minimum atomic E-state index is -0.214. The first-order valence-corrected chi connectivity index (χ1v) is 11.8. The SMILES string of the molecule is COc1cccc(-c2ccc(CNC(=O)[C@H](C)c3ccc(CC(C)C)cc3)c3cnccc23)c1. The summed E-state index contributed by atoms with van der Waals surface area (Å²) >= 11 is 0. The van der Waals surface area contributed by atoms with E-state index in [0.717, 1.165) is 45.2 Å². The monoisotopic (exact) mass is 452 g/mol. The van der Waals surface area contributed by atoms with Crippen LogP contribution in [-0.2, 0) is 17.8 Å². The molecule has 0 aliphatic rings. The van der Waals surface area contributed by atoms with Gasteiger partial charge in [-0.2, -0.15) is 0 Å². The number of carbonyl (C=O) groups is 1. The average molecular weight is 453 g/mol. The molecule has 0 spiro atoms. The van der Waals surface area contributed by atoms with Crippen molar-refractivity contribution in [1.29, 1.82) is 0 Å². The minimum absolute atomic E-state index is 0.0190. The maximum absolute atomic E-state index is 12.9. The van der Waals surface area contributed by atoms with E-state index in [1.165, 1.54) is 5.56 Å². The Morgan fingerprint density at radius 3 is 2.50 bits per heavy atom. The average Bonchev–Trinajstić information content (AvgIpc) is 2.86. The lowest BCUT2D eigenvalue weighted by atomic mass is 9.95. The van der Waals surface area contributed by atoms with Gasteiger partial charge in [0.2, 0.25) is 5.91 Å². The molecule has 1 amide bonds. The minimum Gasteiger partial charge on any atom is -0.497 e. The van der Waals surface area contributed by atoms with Crippen molar-refractivity contribution in [3.8, 4) is 16.9 Å². The highest BCUT2D eigenvalue weighted by atomic mass is 16.5. The number of hydrogen-bond acceptors (Lipinski definition) is 3. The fraction of sp³-hybridized carbons (Fsp3) is 0.267. The molecule has 4 nitrogen and oxygen atoms in total. The van der Waals surface area contributed by atoms with Crippen molar-refractivity contribution >= 4 is 16.7 Å². The third-order valence-corrected chi connectivity index (χ3v) is 6.26. The summed E-state index contributed by atoms with van der Waals surface area (Å²) in [5, 5.41) is 5.26. The third-order valence-electron chi connectivity index (χ3n) is 6.26. The molecule has 3 aromatic carbocycles. The number of carbonyl (C=O) groups excluding carboxylic acids is 1. The summed E-state index contributed by atoms with van der Waals surface area (Å²) < 4.78 is 5.40. The summed E-state index contributed by atoms with van der Waals surface area (Å²) in [6.45, 7) is 6.84. The number of amides is 1. The number of methoxy groups -OCH3 is 1. The zero-order valence-electron chi connectivity index (χ0n) is 20.3. The summed E-state index contributed by atoms with van der Waals surface area (Å²) in [6.07, 6.45) is 4.73. The van der Waals surface area contributed by atoms with E-state index in [0.29, 0.717) is 12.5 Å². The Morgan fingerprint density at radius 2 is 1.76 bits per heavy atom. The Morgan fingerprint density at radius 1 is 0.971 bits per heavy atom. The number of pyridine rings is 1. The molecule has 34 heavy (non-hydrogen) atoms. The molecule has 0 saturated heterocycles. The summed E-state index contributed by atoms with van der Waals surface area (Å²) in [6, 6.07) is 22.7. The molecule has 0 aliphatic heterocycles. The van der Waals surface area contributed by atoms with Crippen LogP contribution < -0.4 is 10.1 Å². The molecule has 0 radical (unpaired) electrons. The zero-order valence-corrected chi connectivity index (χ0v) is 20.3. The standard InChI is InChI=1S/C30H32N2O2/c1-20(2)16-22-8-10-23(11-9-22)21(3)30(33)32-18-25-12-13-27(28-14-15-31-19-29(25)28)24-6-5-7-26(17-24)34-4/h5-15,17,19-21H,16,18H2,1-4H3,(H,32,33)/t21-/m1/s1. The molecule has 0 saturated carbocycles. The third kappa shape index (κ3) is 5.28. The second-order valence-corrected chi connectivity index (χ2v) is 9.20. The molecule has 4 heteroatoms. The highest BCUT2D eigenvalue weighted by Crippen LogP contribution is 2.32. The number of fused-ring (bicyclic) bond motifs is 1. The van der Waals surface area contributed by atoms with Gasteiger partial charge in [-0.25, -0.2) is 0 Å². The molecular formula is C30H32N2O2. The predicted molar refractivity (Wildman–Crippen MR) is 139 cm³/mol. The Balaban J connectivity index is 1.52. The predicted octanol–water partition coefficient (Wildman–Crippen LogP) is 6.53. The first-order chi connectivity index (χ1) is 16.5. The lowest BCUT2D eigenvalue weighted by Gasteiger charge is -2.16. The quantitative estimate of drug-likeness (QED) is 0.331. The molecule has 174 valence electrons. The molecule has 1 aromatic heterocycles. The second-order valence-electron chi connectivity index (χ2n) is 9.20. The number of rotatable bonds is 8. The topological polar surface area (TPSA) is 51.2 Å². The first-order valence-electron chi connectivity index (χ1n) is 11.8. The smallest absolute Gasteiger partial charge is 0.227 e. The van der Waals surface area contributed by atoms with Crippen LogP contribution in [-0.4, -0.2) is 18.0 Å². The number of ether oxygens (including phenoxy) is 1. The lowest BCUT2D eigenvalue weighted by molar-refractivity contribution is -0.122. The van der Waals surface area contributed by atoms with Crippen LogP contribution in [0, 0.1) is 5.92 Å². The van der Waals surface area contributed by atoms with Crippen molar-refractivity contribution in [2.45, 2.75) is 39.7 Å². The fourth-order valence-corrected chi connectivity index (χ4v) is 4.35. The van der Waals surface area contributed by atoms with Crippen LogP contribution in [0.25, 0.3) is 21.9 Å². The Bertz CT molecular complexity index is 1280. The van der Waals surface area contributed by atoms with Gasteiger partial charge in [0.1, 0.15) is 5.75 Å². The van der Waals surface area contributed by atoms with Gasteiger partial charge in [0.25, 0.3) is 0 Å². The van der Waals surface area contributed by atoms with Gasteiger partial charge in [-0.05, 0) is 70.7 Å². The van der Waals surface area contributed by atoms with Crippen molar-refractivity contribution in [1.82, 2.24) is 10.3 Å². The lowest BCUT2D eigenvalue weighted by Crippen LogP contribution is -2.27. The van der Waals surface area contributed by atoms with Gasteiger partial charge in [0.15, 0.2) is 0 Å². The van der Waals surface area contributed by atoms with Crippen LogP contribution in [0.15, 0.2) is 79.1 Å². The van der Waals surface area contributed by atoms with Crippen LogP contribution in [0.4, 0.5) is 0 Å². The van der Waals surface area contributed by atoms with Crippen LogP contribution in [0.2, 0.25) is 0 Å². The number of aromatic nitrogens is 1. The summed E-state index contributed by atoms with van der Waals surface area (Å²) in [5.74, 6) is 1.24. The van der Waals surface area contributed by atoms with E-state index in [9.17, 15) is 4.79 Å². The highest BCUT2D eigenvalue weighted by Gasteiger charge is 2.16. The molecule has 4 aromatic rings. The maximum atomic E-state index is 12.9. The summed E-state index contributed by atoms with van der Waals surface area (Å²) in [7, 11) is 1.67. The van der Waals surface area contributed by atoms with E-state index in [1.54, 1.807) is 13.3 Å². The van der Waals surface area contributed by atoms with E-state index in [4.69, 9.17) is 4.74 Å². The number of benzene rings is 3. The zero-order chi connectivity index (χ0) is 24.1. The van der Waals surface area contributed by atoms with Crippen molar-refractivity contribution in [3.05, 3.63) is 95.8 Å². The normalized spacial score (nSPS) is 12.0. The van der Waals surface area contributed by atoms with Gasteiger partial charge in [0, 0.05) is 24.3 Å². The van der Waals surface area contributed by atoms with Gasteiger partial charge < -0.3 is 10.1 Å². The van der Waals surface area contributed by atoms with Crippen molar-refractivity contribution < 1.29 is 9.53 Å². The van der Waals surface area contributed by atoms with Crippen LogP contribution >= 0.6 is 0 Å². The number of nitrogens with one attached hydrogen (secondary N) is 1. The maximum Gasteiger partial charge on any atom is 0.227 e. The van der Waals surface area contributed by atoms with E-state index in [-0.39, 0.29) is 11.8 Å². The van der Waals surface area contributed by atoms with Crippen LogP contribution in [0.3, 0.4) is 0 Å². The molecule has 0 aliphatic carbocycles. The van der Waals surface area contributed by atoms with Gasteiger partial charge in [-0.1, -0.05) is 62.4 Å². The van der Waals surface area contributed by atoms with E-state index < -0.39 is 0 Å². The first kappa shape index (κ1) is 23.5. The van der Waals surface area contributed by atoms with Crippen molar-refractivity contribution in [2.24, 2.45) is 5.92 Å². The van der Waals surface area contributed by atoms with E-state index in [2.05, 4.69) is 66.6 Å².